The molecule has 1 N–H and O–H groups in total. The Morgan fingerprint density at radius 2 is 1.94 bits per heavy atom. The molecule has 2 aromatic carbocycles. The summed E-state index contributed by atoms with van der Waals surface area (Å²) in [7, 11) is 0. The summed E-state index contributed by atoms with van der Waals surface area (Å²) in [6.07, 6.45) is 1.12. The van der Waals surface area contributed by atoms with Crippen LogP contribution in [0.3, 0.4) is 0 Å². The van der Waals surface area contributed by atoms with Gasteiger partial charge in [-0.05, 0) is 63.1 Å². The van der Waals surface area contributed by atoms with Crippen molar-refractivity contribution >= 4 is 16.8 Å². The minimum absolute atomic E-state index is 0.0506. The number of nitrogens with one attached hydrogen (secondary N) is 1. The lowest BCUT2D eigenvalue weighted by molar-refractivity contribution is 0.0948. The van der Waals surface area contributed by atoms with Crippen LogP contribution in [-0.4, -0.2) is 54.7 Å². The van der Waals surface area contributed by atoms with Crippen molar-refractivity contribution in [1.82, 2.24) is 15.2 Å². The standard InChI is InChI=1S/C26H29N3O3/c1-17(2)29-10-9-18(16-29)15-27-26(30)21-14-23(28-22-6-4-3-5-20(21)22)19-7-8-24-25(13-19)32-12-11-31-24/h3-8,13-14,17-18H,9-12,15-16H2,1-2H3,(H,27,30). The van der Waals surface area contributed by atoms with Crippen molar-refractivity contribution in [3.63, 3.8) is 0 Å². The Hall–Kier alpha value is -3.12. The van der Waals surface area contributed by atoms with Crippen LogP contribution in [0.15, 0.2) is 48.5 Å². The molecule has 1 unspecified atom stereocenters. The number of benzene rings is 2. The van der Waals surface area contributed by atoms with Gasteiger partial charge in [0.05, 0.1) is 16.8 Å². The Kier molecular flexibility index (Phi) is 5.70. The second-order valence-corrected chi connectivity index (χ2v) is 8.88. The van der Waals surface area contributed by atoms with Gasteiger partial charge in [-0.1, -0.05) is 18.2 Å². The zero-order valence-electron chi connectivity index (χ0n) is 18.6. The molecule has 32 heavy (non-hydrogen) atoms. The normalized spacial score (nSPS) is 18.3. The molecule has 1 fully saturated rings. The minimum atomic E-state index is -0.0506. The monoisotopic (exact) mass is 431 g/mol. The maximum atomic E-state index is 13.2. The van der Waals surface area contributed by atoms with Gasteiger partial charge in [-0.2, -0.15) is 0 Å². The van der Waals surface area contributed by atoms with Gasteiger partial charge in [-0.3, -0.25) is 4.79 Å². The van der Waals surface area contributed by atoms with Crippen LogP contribution in [0.25, 0.3) is 22.2 Å². The van der Waals surface area contributed by atoms with E-state index in [1.807, 2.05) is 48.5 Å². The molecule has 0 saturated carbocycles. The third-order valence-electron chi connectivity index (χ3n) is 6.40. The van der Waals surface area contributed by atoms with Gasteiger partial charge in [0, 0.05) is 30.1 Å². The first-order valence-corrected chi connectivity index (χ1v) is 11.4. The van der Waals surface area contributed by atoms with Gasteiger partial charge < -0.3 is 19.7 Å². The van der Waals surface area contributed by atoms with Crippen molar-refractivity contribution in [3.8, 4) is 22.8 Å². The maximum Gasteiger partial charge on any atom is 0.252 e. The van der Waals surface area contributed by atoms with E-state index in [9.17, 15) is 4.79 Å². The number of para-hydroxylation sites is 1. The Bertz CT molecular complexity index is 1140. The highest BCUT2D eigenvalue weighted by Crippen LogP contribution is 2.35. The van der Waals surface area contributed by atoms with Crippen LogP contribution in [0.5, 0.6) is 11.5 Å². The summed E-state index contributed by atoms with van der Waals surface area (Å²) in [5.41, 5.74) is 3.10. The van der Waals surface area contributed by atoms with E-state index in [4.69, 9.17) is 14.5 Å². The predicted octanol–water partition coefficient (Wildman–Crippen LogP) is 4.13. The van der Waals surface area contributed by atoms with E-state index in [0.29, 0.717) is 43.0 Å². The Balaban J connectivity index is 1.42. The molecule has 166 valence electrons. The number of pyridine rings is 1. The van der Waals surface area contributed by atoms with Crippen molar-refractivity contribution < 1.29 is 14.3 Å². The summed E-state index contributed by atoms with van der Waals surface area (Å²) in [6, 6.07) is 16.0. The molecular formula is C26H29N3O3. The number of hydrogen-bond donors (Lipinski definition) is 1. The van der Waals surface area contributed by atoms with Gasteiger partial charge in [0.15, 0.2) is 11.5 Å². The quantitative estimate of drug-likeness (QED) is 0.658. The number of aromatic nitrogens is 1. The van der Waals surface area contributed by atoms with Gasteiger partial charge in [0.1, 0.15) is 13.2 Å². The highest BCUT2D eigenvalue weighted by Gasteiger charge is 2.25. The number of rotatable bonds is 5. The predicted molar refractivity (Wildman–Crippen MR) is 125 cm³/mol. The van der Waals surface area contributed by atoms with E-state index in [0.717, 1.165) is 47.4 Å². The molecule has 3 heterocycles. The molecule has 2 aliphatic heterocycles. The number of hydrogen-bond acceptors (Lipinski definition) is 5. The van der Waals surface area contributed by atoms with Gasteiger partial charge in [0.2, 0.25) is 0 Å². The average molecular weight is 432 g/mol. The smallest absolute Gasteiger partial charge is 0.252 e. The van der Waals surface area contributed by atoms with Crippen LogP contribution in [0.2, 0.25) is 0 Å². The second-order valence-electron chi connectivity index (χ2n) is 8.88. The zero-order valence-corrected chi connectivity index (χ0v) is 18.6. The molecule has 1 atom stereocenters. The lowest BCUT2D eigenvalue weighted by Crippen LogP contribution is -2.33. The topological polar surface area (TPSA) is 63.7 Å². The van der Waals surface area contributed by atoms with Crippen molar-refractivity contribution in [3.05, 3.63) is 54.1 Å². The van der Waals surface area contributed by atoms with E-state index in [2.05, 4.69) is 24.1 Å². The lowest BCUT2D eigenvalue weighted by Gasteiger charge is -2.20. The van der Waals surface area contributed by atoms with Gasteiger partial charge in [-0.15, -0.1) is 0 Å². The maximum absolute atomic E-state index is 13.2. The molecule has 0 bridgehead atoms. The molecule has 1 amide bonds. The third kappa shape index (κ3) is 4.15. The van der Waals surface area contributed by atoms with Gasteiger partial charge >= 0.3 is 0 Å². The summed E-state index contributed by atoms with van der Waals surface area (Å²) in [4.78, 5) is 20.5. The number of likely N-dealkylation sites (tertiary alicyclic amines) is 1. The fraction of sp³-hybridized carbons (Fsp3) is 0.385. The largest absolute Gasteiger partial charge is 0.486 e. The van der Waals surface area contributed by atoms with E-state index in [-0.39, 0.29) is 5.91 Å². The van der Waals surface area contributed by atoms with Crippen LogP contribution >= 0.6 is 0 Å². The molecule has 5 rings (SSSR count). The molecular weight excluding hydrogens is 402 g/mol. The fourth-order valence-corrected chi connectivity index (χ4v) is 4.54. The molecule has 1 saturated heterocycles. The first-order chi connectivity index (χ1) is 15.6. The Morgan fingerprint density at radius 1 is 1.12 bits per heavy atom. The summed E-state index contributed by atoms with van der Waals surface area (Å²) in [5, 5.41) is 4.05. The zero-order chi connectivity index (χ0) is 22.1. The van der Waals surface area contributed by atoms with Crippen LogP contribution in [0, 0.1) is 5.92 Å². The van der Waals surface area contributed by atoms with E-state index in [1.54, 1.807) is 0 Å². The number of carbonyl (C=O) groups excluding carboxylic acids is 1. The third-order valence-corrected chi connectivity index (χ3v) is 6.40. The summed E-state index contributed by atoms with van der Waals surface area (Å²) >= 11 is 0. The molecule has 1 aromatic heterocycles. The summed E-state index contributed by atoms with van der Waals surface area (Å²) in [6.45, 7) is 8.37. The van der Waals surface area contributed by atoms with Gasteiger partial charge in [-0.25, -0.2) is 4.98 Å². The van der Waals surface area contributed by atoms with Crippen LogP contribution in [0.4, 0.5) is 0 Å². The van der Waals surface area contributed by atoms with E-state index >= 15 is 0 Å². The van der Waals surface area contributed by atoms with Crippen LogP contribution < -0.4 is 14.8 Å². The number of carbonyl (C=O) groups is 1. The van der Waals surface area contributed by atoms with Crippen molar-refractivity contribution in [2.75, 3.05) is 32.8 Å². The number of fused-ring (bicyclic) bond motifs is 2. The number of nitrogens with zero attached hydrogens (tertiary/aromatic N) is 2. The molecule has 2 aliphatic rings. The summed E-state index contributed by atoms with van der Waals surface area (Å²) < 4.78 is 11.4. The van der Waals surface area contributed by atoms with E-state index < -0.39 is 0 Å². The highest BCUT2D eigenvalue weighted by atomic mass is 16.6. The first kappa shape index (κ1) is 20.8. The van der Waals surface area contributed by atoms with E-state index in [1.165, 1.54) is 0 Å². The molecule has 6 heteroatoms. The minimum Gasteiger partial charge on any atom is -0.486 e. The molecule has 0 spiro atoms. The highest BCUT2D eigenvalue weighted by molar-refractivity contribution is 6.07. The van der Waals surface area contributed by atoms with Crippen LogP contribution in [-0.2, 0) is 0 Å². The van der Waals surface area contributed by atoms with Crippen molar-refractivity contribution in [2.45, 2.75) is 26.3 Å². The van der Waals surface area contributed by atoms with Crippen molar-refractivity contribution in [1.29, 1.82) is 0 Å². The Morgan fingerprint density at radius 3 is 2.75 bits per heavy atom. The number of amides is 1. The number of ether oxygens (including phenoxy) is 2. The molecule has 6 nitrogen and oxygen atoms in total. The molecule has 0 aliphatic carbocycles. The second kappa shape index (κ2) is 8.79. The molecule has 0 radical (unpaired) electrons. The van der Waals surface area contributed by atoms with Gasteiger partial charge in [0.25, 0.3) is 5.91 Å². The van der Waals surface area contributed by atoms with Crippen LogP contribution in [0.1, 0.15) is 30.6 Å². The Labute approximate surface area is 188 Å². The molecule has 3 aromatic rings. The van der Waals surface area contributed by atoms with Crippen molar-refractivity contribution in [2.24, 2.45) is 5.92 Å². The lowest BCUT2D eigenvalue weighted by atomic mass is 10.0. The SMILES string of the molecule is CC(C)N1CCC(CNC(=O)c2cc(-c3ccc4c(c3)OCCO4)nc3ccccc23)C1. The average Bonchev–Trinajstić information content (AvgIpc) is 3.31. The first-order valence-electron chi connectivity index (χ1n) is 11.4. The summed E-state index contributed by atoms with van der Waals surface area (Å²) in [5.74, 6) is 1.90. The fourth-order valence-electron chi connectivity index (χ4n) is 4.54.